The van der Waals surface area contributed by atoms with Crippen molar-refractivity contribution in [2.45, 2.75) is 6.54 Å². The Bertz CT molecular complexity index is 863. The number of fused-ring (bicyclic) bond motifs is 3. The van der Waals surface area contributed by atoms with E-state index in [0.717, 1.165) is 28.4 Å². The largest absolute Gasteiger partial charge is 0.301 e. The van der Waals surface area contributed by atoms with Gasteiger partial charge in [0.1, 0.15) is 0 Å². The second-order valence-corrected chi connectivity index (χ2v) is 4.96. The summed E-state index contributed by atoms with van der Waals surface area (Å²) in [7, 11) is 0. The van der Waals surface area contributed by atoms with Crippen LogP contribution in [0.15, 0.2) is 64.8 Å². The molecule has 0 fully saturated rings. The first-order chi connectivity index (χ1) is 10.9. The molecule has 0 bridgehead atoms. The van der Waals surface area contributed by atoms with E-state index in [1.165, 1.54) is 0 Å². The highest BCUT2D eigenvalue weighted by molar-refractivity contribution is 5.89. The van der Waals surface area contributed by atoms with Crippen LogP contribution >= 0.6 is 0 Å². The summed E-state index contributed by atoms with van der Waals surface area (Å²) in [5, 5.41) is 8.48. The summed E-state index contributed by atoms with van der Waals surface area (Å²) in [5.41, 5.74) is 8.99. The normalized spacial score (nSPS) is 13.7. The number of aromatic nitrogens is 2. The van der Waals surface area contributed by atoms with Crippen molar-refractivity contribution in [3.63, 3.8) is 0 Å². The molecule has 0 unspecified atom stereocenters. The fraction of sp³-hybridized carbons (Fsp3) is 0.0625. The third-order valence-electron chi connectivity index (χ3n) is 3.46. The summed E-state index contributed by atoms with van der Waals surface area (Å²) >= 11 is 0. The maximum atomic E-state index is 4.49. The van der Waals surface area contributed by atoms with Crippen molar-refractivity contribution < 1.29 is 0 Å². The minimum Gasteiger partial charge on any atom is -0.301 e. The Morgan fingerprint density at radius 3 is 2.82 bits per heavy atom. The van der Waals surface area contributed by atoms with Crippen LogP contribution in [0.2, 0.25) is 0 Å². The average molecular weight is 290 g/mol. The quantitative estimate of drug-likeness (QED) is 0.562. The van der Waals surface area contributed by atoms with Gasteiger partial charge in [0.2, 0.25) is 5.95 Å². The van der Waals surface area contributed by atoms with Crippen LogP contribution < -0.4 is 10.9 Å². The van der Waals surface area contributed by atoms with Gasteiger partial charge >= 0.3 is 0 Å². The number of benzene rings is 2. The average Bonchev–Trinajstić information content (AvgIpc) is 2.94. The lowest BCUT2D eigenvalue weighted by atomic mass is 10.2. The Balaban J connectivity index is 1.51. The summed E-state index contributed by atoms with van der Waals surface area (Å²) in [6.07, 6.45) is 1.77. The fourth-order valence-corrected chi connectivity index (χ4v) is 2.40. The summed E-state index contributed by atoms with van der Waals surface area (Å²) in [6.45, 7) is 0.606. The van der Waals surface area contributed by atoms with Crippen molar-refractivity contribution in [2.75, 3.05) is 5.43 Å². The van der Waals surface area contributed by atoms with Gasteiger partial charge in [-0.2, -0.15) is 10.2 Å². The van der Waals surface area contributed by atoms with E-state index in [1.54, 1.807) is 6.21 Å². The molecular formula is C16H14N6. The van der Waals surface area contributed by atoms with E-state index >= 15 is 0 Å². The standard InChI is InChI=1S/C16H14N6/c1-2-6-12(7-3-1)10-17-19-15-11-22-14-9-5-4-8-13(14)18-16(22)21-20-15/h1-10H,11H2,(H,18,21)(H,19,20)/b17-10+. The molecule has 0 spiro atoms. The van der Waals surface area contributed by atoms with E-state index in [1.807, 2.05) is 54.6 Å². The van der Waals surface area contributed by atoms with Gasteiger partial charge < -0.3 is 4.57 Å². The molecule has 1 aliphatic heterocycles. The van der Waals surface area contributed by atoms with Crippen molar-refractivity contribution >= 4 is 29.0 Å². The summed E-state index contributed by atoms with van der Waals surface area (Å²) in [4.78, 5) is 4.49. The highest BCUT2D eigenvalue weighted by atomic mass is 15.5. The molecule has 0 aliphatic carbocycles. The van der Waals surface area contributed by atoms with Gasteiger partial charge in [-0.05, 0) is 17.7 Å². The number of nitrogens with zero attached hydrogens (tertiary/aromatic N) is 4. The van der Waals surface area contributed by atoms with Crippen molar-refractivity contribution in [2.24, 2.45) is 10.2 Å². The molecule has 1 aliphatic rings. The van der Waals surface area contributed by atoms with Crippen LogP contribution in [0.4, 0.5) is 5.95 Å². The van der Waals surface area contributed by atoms with E-state index in [2.05, 4.69) is 30.6 Å². The van der Waals surface area contributed by atoms with Crippen LogP contribution in [0.3, 0.4) is 0 Å². The zero-order valence-corrected chi connectivity index (χ0v) is 11.8. The van der Waals surface area contributed by atoms with Gasteiger partial charge in [-0.1, -0.05) is 42.5 Å². The molecule has 0 saturated carbocycles. The van der Waals surface area contributed by atoms with Crippen molar-refractivity contribution in [3.05, 3.63) is 60.2 Å². The maximum absolute atomic E-state index is 4.49. The van der Waals surface area contributed by atoms with Crippen LogP contribution in [0.25, 0.3) is 11.0 Å². The molecule has 22 heavy (non-hydrogen) atoms. The second kappa shape index (κ2) is 5.33. The van der Waals surface area contributed by atoms with Gasteiger partial charge in [-0.25, -0.2) is 10.4 Å². The molecule has 0 saturated heterocycles. The summed E-state index contributed by atoms with van der Waals surface area (Å²) in [6, 6.07) is 17.9. The van der Waals surface area contributed by atoms with Crippen molar-refractivity contribution in [1.29, 1.82) is 0 Å². The third kappa shape index (κ3) is 2.31. The number of nitrogens with one attached hydrogen (secondary N) is 2. The van der Waals surface area contributed by atoms with Gasteiger partial charge in [0.15, 0.2) is 5.84 Å². The zero-order valence-electron chi connectivity index (χ0n) is 11.8. The molecule has 4 rings (SSSR count). The Morgan fingerprint density at radius 1 is 1.09 bits per heavy atom. The van der Waals surface area contributed by atoms with Crippen LogP contribution in [0.5, 0.6) is 0 Å². The highest BCUT2D eigenvalue weighted by Crippen LogP contribution is 2.21. The number of imidazole rings is 1. The van der Waals surface area contributed by atoms with Crippen LogP contribution in [0.1, 0.15) is 5.56 Å². The number of rotatable bonds is 2. The molecular weight excluding hydrogens is 276 g/mol. The van der Waals surface area contributed by atoms with Gasteiger partial charge in [-0.3, -0.25) is 5.43 Å². The molecule has 1 aromatic heterocycles. The molecule has 0 atom stereocenters. The number of hydrogen-bond acceptors (Lipinski definition) is 5. The maximum Gasteiger partial charge on any atom is 0.225 e. The lowest BCUT2D eigenvalue weighted by Gasteiger charge is -2.15. The van der Waals surface area contributed by atoms with Crippen LogP contribution in [-0.4, -0.2) is 21.6 Å². The third-order valence-corrected chi connectivity index (χ3v) is 3.46. The molecule has 2 aromatic carbocycles. The lowest BCUT2D eigenvalue weighted by molar-refractivity contribution is 0.806. The Labute approximate surface area is 127 Å². The number of amidine groups is 1. The molecule has 6 heteroatoms. The minimum atomic E-state index is 0.606. The number of hydrogen-bond donors (Lipinski definition) is 2. The first-order valence-corrected chi connectivity index (χ1v) is 7.02. The Morgan fingerprint density at radius 2 is 1.91 bits per heavy atom. The van der Waals surface area contributed by atoms with Gasteiger partial charge in [0.05, 0.1) is 23.8 Å². The van der Waals surface area contributed by atoms with Crippen molar-refractivity contribution in [1.82, 2.24) is 15.0 Å². The second-order valence-electron chi connectivity index (χ2n) is 4.96. The molecule has 3 aromatic rings. The molecule has 108 valence electrons. The smallest absolute Gasteiger partial charge is 0.225 e. The number of para-hydroxylation sites is 2. The fourth-order valence-electron chi connectivity index (χ4n) is 2.40. The molecule has 0 radical (unpaired) electrons. The monoisotopic (exact) mass is 290 g/mol. The van der Waals surface area contributed by atoms with Gasteiger partial charge in [0, 0.05) is 0 Å². The lowest BCUT2D eigenvalue weighted by Crippen LogP contribution is -2.29. The number of anilines is 1. The summed E-state index contributed by atoms with van der Waals surface area (Å²) < 4.78 is 2.07. The van der Waals surface area contributed by atoms with Gasteiger partial charge in [-0.15, -0.1) is 0 Å². The predicted molar refractivity (Wildman–Crippen MR) is 88.0 cm³/mol. The van der Waals surface area contributed by atoms with E-state index in [0.29, 0.717) is 6.54 Å². The molecule has 2 heterocycles. The molecule has 2 N–H and O–H groups in total. The first-order valence-electron chi connectivity index (χ1n) is 7.02. The number of hydrazone groups is 2. The van der Waals surface area contributed by atoms with Gasteiger partial charge in [0.25, 0.3) is 0 Å². The van der Waals surface area contributed by atoms with E-state index in [-0.39, 0.29) is 0 Å². The topological polar surface area (TPSA) is 66.6 Å². The predicted octanol–water partition coefficient (Wildman–Crippen LogP) is 2.40. The summed E-state index contributed by atoms with van der Waals surface area (Å²) in [5.74, 6) is 1.49. The molecule has 0 amide bonds. The first kappa shape index (κ1) is 12.6. The van der Waals surface area contributed by atoms with Crippen LogP contribution in [-0.2, 0) is 6.54 Å². The minimum absolute atomic E-state index is 0.606. The van der Waals surface area contributed by atoms with E-state index in [4.69, 9.17) is 0 Å². The van der Waals surface area contributed by atoms with E-state index in [9.17, 15) is 0 Å². The zero-order chi connectivity index (χ0) is 14.8. The molecule has 6 nitrogen and oxygen atoms in total. The van der Waals surface area contributed by atoms with Crippen LogP contribution in [0, 0.1) is 0 Å². The van der Waals surface area contributed by atoms with Crippen molar-refractivity contribution in [3.8, 4) is 0 Å². The van der Waals surface area contributed by atoms with E-state index < -0.39 is 0 Å². The Hall–Kier alpha value is -3.15. The SMILES string of the molecule is C(=N\NC1=NNc2nc3ccccc3n2C1)/c1ccccc1. The Kier molecular flexibility index (Phi) is 3.05. The highest BCUT2D eigenvalue weighted by Gasteiger charge is 2.16.